The molecule has 0 aliphatic heterocycles. The number of carbonyl (C=O) groups is 1. The van der Waals surface area contributed by atoms with E-state index in [1.165, 1.54) is 6.21 Å². The summed E-state index contributed by atoms with van der Waals surface area (Å²) in [6, 6.07) is 10.3. The third-order valence-corrected chi connectivity index (χ3v) is 4.15. The van der Waals surface area contributed by atoms with Gasteiger partial charge in [-0.05, 0) is 59.0 Å². The molecule has 0 spiro atoms. The van der Waals surface area contributed by atoms with Gasteiger partial charge < -0.3 is 9.47 Å². The first kappa shape index (κ1) is 18.8. The Balaban J connectivity index is 1.90. The molecular formula is C16H13Cl2IN2O3. The highest BCUT2D eigenvalue weighted by molar-refractivity contribution is 14.1. The standard InChI is InChI=1S/C16H13Cl2IN2O3/c1-23-14-4-2-11(17)6-10(14)8-20-21-16(22)9-24-15-5-3-12(18)7-13(15)19/h2-8H,9H2,1H3,(H,21,22). The molecule has 2 rings (SSSR count). The number of nitrogens with one attached hydrogen (secondary N) is 1. The molecule has 8 heteroatoms. The fourth-order valence-corrected chi connectivity index (χ4v) is 2.96. The number of amides is 1. The van der Waals surface area contributed by atoms with Gasteiger partial charge >= 0.3 is 0 Å². The van der Waals surface area contributed by atoms with E-state index in [1.54, 1.807) is 43.5 Å². The third kappa shape index (κ3) is 5.54. The average Bonchev–Trinajstić information content (AvgIpc) is 2.54. The van der Waals surface area contributed by atoms with Crippen LogP contribution in [0.25, 0.3) is 0 Å². The van der Waals surface area contributed by atoms with Gasteiger partial charge in [-0.25, -0.2) is 5.43 Å². The van der Waals surface area contributed by atoms with E-state index in [2.05, 4.69) is 33.1 Å². The molecule has 0 bridgehead atoms. The number of carbonyl (C=O) groups excluding carboxylic acids is 1. The molecule has 126 valence electrons. The number of ether oxygens (including phenoxy) is 2. The number of rotatable bonds is 6. The second kappa shape index (κ2) is 9.10. The quantitative estimate of drug-likeness (QED) is 0.385. The summed E-state index contributed by atoms with van der Waals surface area (Å²) in [5.41, 5.74) is 3.03. The van der Waals surface area contributed by atoms with Crippen LogP contribution >= 0.6 is 45.8 Å². The molecule has 0 heterocycles. The first-order chi connectivity index (χ1) is 11.5. The number of hydrogen-bond acceptors (Lipinski definition) is 4. The summed E-state index contributed by atoms with van der Waals surface area (Å²) in [5, 5.41) is 5.03. The second-order valence-electron chi connectivity index (χ2n) is 4.54. The molecule has 24 heavy (non-hydrogen) atoms. The molecule has 0 aliphatic carbocycles. The Morgan fingerprint density at radius 2 is 1.88 bits per heavy atom. The number of nitrogens with zero attached hydrogens (tertiary/aromatic N) is 1. The van der Waals surface area contributed by atoms with Crippen LogP contribution in [-0.2, 0) is 4.79 Å². The minimum atomic E-state index is -0.391. The summed E-state index contributed by atoms with van der Waals surface area (Å²) in [7, 11) is 1.54. The predicted molar refractivity (Wildman–Crippen MR) is 103 cm³/mol. The van der Waals surface area contributed by atoms with Gasteiger partial charge in [-0.3, -0.25) is 4.79 Å². The molecule has 2 aromatic carbocycles. The van der Waals surface area contributed by atoms with Gasteiger partial charge in [0.25, 0.3) is 5.91 Å². The molecule has 1 N–H and O–H groups in total. The fourth-order valence-electron chi connectivity index (χ4n) is 1.75. The van der Waals surface area contributed by atoms with Gasteiger partial charge in [0.1, 0.15) is 11.5 Å². The van der Waals surface area contributed by atoms with Gasteiger partial charge in [-0.1, -0.05) is 23.2 Å². The molecule has 0 atom stereocenters. The van der Waals surface area contributed by atoms with E-state index in [0.29, 0.717) is 27.1 Å². The van der Waals surface area contributed by atoms with Gasteiger partial charge in [-0.2, -0.15) is 5.10 Å². The van der Waals surface area contributed by atoms with Crippen molar-refractivity contribution in [1.29, 1.82) is 0 Å². The minimum absolute atomic E-state index is 0.165. The monoisotopic (exact) mass is 478 g/mol. The van der Waals surface area contributed by atoms with Crippen LogP contribution in [-0.4, -0.2) is 25.8 Å². The van der Waals surface area contributed by atoms with E-state index in [0.717, 1.165) is 3.57 Å². The zero-order chi connectivity index (χ0) is 17.5. The van der Waals surface area contributed by atoms with E-state index in [-0.39, 0.29) is 6.61 Å². The number of hydrazone groups is 1. The number of halogens is 3. The van der Waals surface area contributed by atoms with Crippen LogP contribution < -0.4 is 14.9 Å². The van der Waals surface area contributed by atoms with E-state index >= 15 is 0 Å². The molecule has 1 amide bonds. The molecule has 0 saturated heterocycles. The topological polar surface area (TPSA) is 59.9 Å². The van der Waals surface area contributed by atoms with Crippen LogP contribution in [0.2, 0.25) is 10.0 Å². The third-order valence-electron chi connectivity index (χ3n) is 2.84. The highest BCUT2D eigenvalue weighted by Crippen LogP contribution is 2.24. The first-order valence-electron chi connectivity index (χ1n) is 6.73. The minimum Gasteiger partial charge on any atom is -0.496 e. The van der Waals surface area contributed by atoms with E-state index in [1.807, 2.05) is 0 Å². The highest BCUT2D eigenvalue weighted by atomic mass is 127. The Kier molecular flexibility index (Phi) is 7.14. The number of benzene rings is 2. The van der Waals surface area contributed by atoms with Crippen molar-refractivity contribution in [1.82, 2.24) is 5.43 Å². The molecule has 2 aromatic rings. The summed E-state index contributed by atoms with van der Waals surface area (Å²) in [6.07, 6.45) is 1.45. The summed E-state index contributed by atoms with van der Waals surface area (Å²) in [6.45, 7) is -0.165. The Hall–Kier alpha value is -1.51. The lowest BCUT2D eigenvalue weighted by molar-refractivity contribution is -0.123. The predicted octanol–water partition coefficient (Wildman–Crippen LogP) is 4.14. The van der Waals surface area contributed by atoms with Crippen molar-refractivity contribution in [3.63, 3.8) is 0 Å². The van der Waals surface area contributed by atoms with Crippen LogP contribution in [0.3, 0.4) is 0 Å². The van der Waals surface area contributed by atoms with Crippen molar-refractivity contribution < 1.29 is 14.3 Å². The summed E-state index contributed by atoms with van der Waals surface area (Å²) >= 11 is 13.9. The zero-order valence-corrected chi connectivity index (χ0v) is 16.2. The van der Waals surface area contributed by atoms with Gasteiger partial charge in [0.2, 0.25) is 0 Å². The van der Waals surface area contributed by atoms with E-state index in [4.69, 9.17) is 32.7 Å². The largest absolute Gasteiger partial charge is 0.496 e. The second-order valence-corrected chi connectivity index (χ2v) is 6.58. The van der Waals surface area contributed by atoms with Gasteiger partial charge in [0, 0.05) is 15.6 Å². The fraction of sp³-hybridized carbons (Fsp3) is 0.125. The van der Waals surface area contributed by atoms with Crippen molar-refractivity contribution in [2.75, 3.05) is 13.7 Å². The van der Waals surface area contributed by atoms with Crippen LogP contribution in [0.15, 0.2) is 41.5 Å². The lowest BCUT2D eigenvalue weighted by Gasteiger charge is -2.07. The van der Waals surface area contributed by atoms with Crippen molar-refractivity contribution >= 4 is 57.9 Å². The maximum atomic E-state index is 11.8. The van der Waals surface area contributed by atoms with Crippen molar-refractivity contribution in [2.45, 2.75) is 0 Å². The molecule has 0 aromatic heterocycles. The van der Waals surface area contributed by atoms with Crippen molar-refractivity contribution in [2.24, 2.45) is 5.10 Å². The van der Waals surface area contributed by atoms with Crippen LogP contribution in [0.1, 0.15) is 5.56 Å². The SMILES string of the molecule is COc1ccc(Cl)cc1C=NNC(=O)COc1ccc(Cl)cc1I. The zero-order valence-electron chi connectivity index (χ0n) is 12.6. The maximum Gasteiger partial charge on any atom is 0.277 e. The maximum absolute atomic E-state index is 11.8. The molecule has 0 aliphatic rings. The Labute approximate surface area is 163 Å². The summed E-state index contributed by atoms with van der Waals surface area (Å²) < 4.78 is 11.4. The van der Waals surface area contributed by atoms with Crippen LogP contribution in [0.4, 0.5) is 0 Å². The highest BCUT2D eigenvalue weighted by Gasteiger charge is 2.06. The van der Waals surface area contributed by atoms with Gasteiger partial charge in [0.05, 0.1) is 16.9 Å². The molecular weight excluding hydrogens is 466 g/mol. The molecule has 0 radical (unpaired) electrons. The summed E-state index contributed by atoms with van der Waals surface area (Å²) in [4.78, 5) is 11.8. The molecule has 0 fully saturated rings. The molecule has 5 nitrogen and oxygen atoms in total. The van der Waals surface area contributed by atoms with E-state index in [9.17, 15) is 4.79 Å². The lowest BCUT2D eigenvalue weighted by Crippen LogP contribution is -2.24. The lowest BCUT2D eigenvalue weighted by atomic mass is 10.2. The number of methoxy groups -OCH3 is 1. The normalized spacial score (nSPS) is 10.7. The molecule has 0 unspecified atom stereocenters. The van der Waals surface area contributed by atoms with Crippen LogP contribution in [0, 0.1) is 3.57 Å². The van der Waals surface area contributed by atoms with Crippen molar-refractivity contribution in [3.8, 4) is 11.5 Å². The summed E-state index contributed by atoms with van der Waals surface area (Å²) in [5.74, 6) is 0.790. The smallest absolute Gasteiger partial charge is 0.277 e. The van der Waals surface area contributed by atoms with Gasteiger partial charge in [0.15, 0.2) is 6.61 Å². The Morgan fingerprint density at radius 1 is 1.21 bits per heavy atom. The van der Waals surface area contributed by atoms with Gasteiger partial charge in [-0.15, -0.1) is 0 Å². The Morgan fingerprint density at radius 3 is 2.54 bits per heavy atom. The van der Waals surface area contributed by atoms with Crippen LogP contribution in [0.5, 0.6) is 11.5 Å². The van der Waals surface area contributed by atoms with Crippen molar-refractivity contribution in [3.05, 3.63) is 55.6 Å². The Bertz CT molecular complexity index is 769. The first-order valence-corrected chi connectivity index (χ1v) is 8.56. The molecule has 0 saturated carbocycles. The number of hydrogen-bond donors (Lipinski definition) is 1. The average molecular weight is 479 g/mol. The van der Waals surface area contributed by atoms with E-state index < -0.39 is 5.91 Å².